The highest BCUT2D eigenvalue weighted by Crippen LogP contribution is 2.11. The van der Waals surface area contributed by atoms with Crippen LogP contribution in [0.1, 0.15) is 27.2 Å². The van der Waals surface area contributed by atoms with Crippen molar-refractivity contribution in [1.29, 1.82) is 0 Å². The second-order valence-corrected chi connectivity index (χ2v) is 6.52. The van der Waals surface area contributed by atoms with Crippen molar-refractivity contribution in [3.8, 4) is 0 Å². The molecule has 1 aromatic rings. The maximum absolute atomic E-state index is 5.81. The van der Waals surface area contributed by atoms with Crippen molar-refractivity contribution in [3.63, 3.8) is 0 Å². The highest BCUT2D eigenvalue weighted by Gasteiger charge is 2.21. The van der Waals surface area contributed by atoms with E-state index < -0.39 is 0 Å². The number of anilines is 1. The van der Waals surface area contributed by atoms with E-state index in [9.17, 15) is 0 Å². The van der Waals surface area contributed by atoms with Crippen LogP contribution in [0.4, 0.5) is 5.95 Å². The Kier molecular flexibility index (Phi) is 7.91. The molecule has 140 valence electrons. The van der Waals surface area contributed by atoms with Crippen LogP contribution in [-0.4, -0.2) is 73.3 Å². The standard InChI is InChI=1S/C18H32N6O/c1-5-25-16(15(2)3)7-10-22-17(19-4)23-11-13-24(14-12-23)18-20-8-6-9-21-18/h6,8-9,15-16H,5,7,10-14H2,1-4H3,(H,19,22). The van der Waals surface area contributed by atoms with Gasteiger partial charge in [0.1, 0.15) is 0 Å². The van der Waals surface area contributed by atoms with Crippen LogP contribution >= 0.6 is 0 Å². The molecular weight excluding hydrogens is 316 g/mol. The van der Waals surface area contributed by atoms with Crippen molar-refractivity contribution in [1.82, 2.24) is 20.2 Å². The normalized spacial score (nSPS) is 17.1. The fraction of sp³-hybridized carbons (Fsp3) is 0.722. The molecule has 1 atom stereocenters. The smallest absolute Gasteiger partial charge is 0.225 e. The van der Waals surface area contributed by atoms with E-state index >= 15 is 0 Å². The molecule has 1 aliphatic rings. The molecule has 2 heterocycles. The Morgan fingerprint density at radius 3 is 2.48 bits per heavy atom. The Morgan fingerprint density at radius 2 is 1.92 bits per heavy atom. The largest absolute Gasteiger partial charge is 0.378 e. The fourth-order valence-electron chi connectivity index (χ4n) is 3.05. The molecule has 0 amide bonds. The second kappa shape index (κ2) is 10.2. The van der Waals surface area contributed by atoms with Gasteiger partial charge in [-0.1, -0.05) is 13.8 Å². The number of hydrogen-bond donors (Lipinski definition) is 1. The molecule has 7 heteroatoms. The summed E-state index contributed by atoms with van der Waals surface area (Å²) in [7, 11) is 1.84. The molecule has 7 nitrogen and oxygen atoms in total. The van der Waals surface area contributed by atoms with Gasteiger partial charge in [-0.05, 0) is 25.3 Å². The van der Waals surface area contributed by atoms with E-state index in [1.54, 1.807) is 12.4 Å². The first-order valence-electron chi connectivity index (χ1n) is 9.24. The van der Waals surface area contributed by atoms with Gasteiger partial charge in [-0.3, -0.25) is 4.99 Å². The first-order valence-corrected chi connectivity index (χ1v) is 9.24. The number of hydrogen-bond acceptors (Lipinski definition) is 5. The summed E-state index contributed by atoms with van der Waals surface area (Å²) >= 11 is 0. The third-order valence-corrected chi connectivity index (χ3v) is 4.46. The lowest BCUT2D eigenvalue weighted by Gasteiger charge is -2.36. The number of piperazine rings is 1. The number of guanidine groups is 1. The van der Waals surface area contributed by atoms with Crippen LogP contribution in [0.2, 0.25) is 0 Å². The van der Waals surface area contributed by atoms with Crippen LogP contribution in [0.15, 0.2) is 23.5 Å². The summed E-state index contributed by atoms with van der Waals surface area (Å²) in [5.41, 5.74) is 0. The molecule has 0 aliphatic carbocycles. The first kappa shape index (κ1) is 19.4. The fourth-order valence-corrected chi connectivity index (χ4v) is 3.05. The zero-order valence-corrected chi connectivity index (χ0v) is 16.0. The third-order valence-electron chi connectivity index (χ3n) is 4.46. The van der Waals surface area contributed by atoms with Crippen LogP contribution in [0.25, 0.3) is 0 Å². The second-order valence-electron chi connectivity index (χ2n) is 6.52. The maximum atomic E-state index is 5.81. The molecule has 1 unspecified atom stereocenters. The molecule has 0 spiro atoms. The minimum Gasteiger partial charge on any atom is -0.378 e. The first-order chi connectivity index (χ1) is 12.2. The predicted molar refractivity (Wildman–Crippen MR) is 102 cm³/mol. The summed E-state index contributed by atoms with van der Waals surface area (Å²) in [5, 5.41) is 3.48. The van der Waals surface area contributed by atoms with E-state index in [4.69, 9.17) is 4.74 Å². The highest BCUT2D eigenvalue weighted by atomic mass is 16.5. The summed E-state index contributed by atoms with van der Waals surface area (Å²) in [5.74, 6) is 2.30. The molecule has 2 rings (SSSR count). The summed E-state index contributed by atoms with van der Waals surface area (Å²) in [6, 6.07) is 1.85. The third kappa shape index (κ3) is 5.85. The van der Waals surface area contributed by atoms with E-state index in [-0.39, 0.29) is 0 Å². The predicted octanol–water partition coefficient (Wildman–Crippen LogP) is 1.63. The van der Waals surface area contributed by atoms with Gasteiger partial charge in [0.15, 0.2) is 5.96 Å². The van der Waals surface area contributed by atoms with Gasteiger partial charge in [0, 0.05) is 58.8 Å². The Balaban J connectivity index is 1.78. The lowest BCUT2D eigenvalue weighted by atomic mass is 10.0. The molecule has 1 aliphatic heterocycles. The highest BCUT2D eigenvalue weighted by molar-refractivity contribution is 5.80. The molecule has 0 bridgehead atoms. The van der Waals surface area contributed by atoms with Gasteiger partial charge in [-0.15, -0.1) is 0 Å². The molecule has 0 saturated carbocycles. The van der Waals surface area contributed by atoms with Crippen LogP contribution in [0, 0.1) is 5.92 Å². The van der Waals surface area contributed by atoms with Crippen molar-refractivity contribution < 1.29 is 4.74 Å². The minimum absolute atomic E-state index is 0.294. The van der Waals surface area contributed by atoms with Gasteiger partial charge in [0.2, 0.25) is 5.95 Å². The summed E-state index contributed by atoms with van der Waals surface area (Å²) < 4.78 is 5.81. The zero-order valence-electron chi connectivity index (χ0n) is 16.0. The van der Waals surface area contributed by atoms with Gasteiger partial charge in [0.05, 0.1) is 6.10 Å². The molecular formula is C18H32N6O. The SMILES string of the molecule is CCOC(CCNC(=NC)N1CCN(c2ncccn2)CC1)C(C)C. The van der Waals surface area contributed by atoms with Gasteiger partial charge in [-0.2, -0.15) is 0 Å². The lowest BCUT2D eigenvalue weighted by Crippen LogP contribution is -2.53. The van der Waals surface area contributed by atoms with E-state index in [0.717, 1.165) is 57.7 Å². The van der Waals surface area contributed by atoms with Crippen molar-refractivity contribution in [3.05, 3.63) is 18.5 Å². The number of aromatic nitrogens is 2. The van der Waals surface area contributed by atoms with Gasteiger partial charge in [-0.25, -0.2) is 9.97 Å². The van der Waals surface area contributed by atoms with E-state index in [0.29, 0.717) is 12.0 Å². The number of nitrogens with zero attached hydrogens (tertiary/aromatic N) is 5. The van der Waals surface area contributed by atoms with Gasteiger partial charge in [0.25, 0.3) is 0 Å². The summed E-state index contributed by atoms with van der Waals surface area (Å²) in [6.45, 7) is 11.7. The van der Waals surface area contributed by atoms with Crippen molar-refractivity contribution in [2.24, 2.45) is 10.9 Å². The minimum atomic E-state index is 0.294. The Bertz CT molecular complexity index is 514. The van der Waals surface area contributed by atoms with Gasteiger partial charge >= 0.3 is 0 Å². The van der Waals surface area contributed by atoms with Crippen LogP contribution in [0.3, 0.4) is 0 Å². The average molecular weight is 348 g/mol. The topological polar surface area (TPSA) is 65.9 Å². The number of ether oxygens (including phenoxy) is 1. The van der Waals surface area contributed by atoms with E-state index in [1.165, 1.54) is 0 Å². The summed E-state index contributed by atoms with van der Waals surface area (Å²) in [4.78, 5) is 17.6. The van der Waals surface area contributed by atoms with Crippen molar-refractivity contribution >= 4 is 11.9 Å². The van der Waals surface area contributed by atoms with Crippen LogP contribution in [-0.2, 0) is 4.74 Å². The molecule has 0 aromatic carbocycles. The van der Waals surface area contributed by atoms with Crippen molar-refractivity contribution in [2.45, 2.75) is 33.3 Å². The Labute approximate surface area is 151 Å². The number of rotatable bonds is 7. The van der Waals surface area contributed by atoms with E-state index in [1.807, 2.05) is 13.1 Å². The number of aliphatic imine (C=N–C) groups is 1. The Hall–Kier alpha value is -1.89. The Morgan fingerprint density at radius 1 is 1.24 bits per heavy atom. The molecule has 1 N–H and O–H groups in total. The van der Waals surface area contributed by atoms with Crippen molar-refractivity contribution in [2.75, 3.05) is 51.3 Å². The molecule has 25 heavy (non-hydrogen) atoms. The van der Waals surface area contributed by atoms with E-state index in [2.05, 4.69) is 50.8 Å². The molecule has 0 radical (unpaired) electrons. The van der Waals surface area contributed by atoms with Gasteiger partial charge < -0.3 is 19.9 Å². The quantitative estimate of drug-likeness (QED) is 0.597. The maximum Gasteiger partial charge on any atom is 0.225 e. The van der Waals surface area contributed by atoms with Crippen LogP contribution < -0.4 is 10.2 Å². The number of nitrogens with one attached hydrogen (secondary N) is 1. The monoisotopic (exact) mass is 348 g/mol. The molecule has 1 aromatic heterocycles. The molecule has 1 saturated heterocycles. The lowest BCUT2D eigenvalue weighted by molar-refractivity contribution is 0.0257. The van der Waals surface area contributed by atoms with Crippen LogP contribution in [0.5, 0.6) is 0 Å². The molecule has 1 fully saturated rings. The zero-order chi connectivity index (χ0) is 18.1. The average Bonchev–Trinajstić information content (AvgIpc) is 2.65. The summed E-state index contributed by atoms with van der Waals surface area (Å²) in [6.07, 6.45) is 4.86.